The number of aromatic nitrogens is 2. The fourth-order valence-corrected chi connectivity index (χ4v) is 4.12. The molecule has 4 rings (SSSR count). The van der Waals surface area contributed by atoms with Crippen molar-refractivity contribution in [3.63, 3.8) is 0 Å². The number of thiazole rings is 1. The number of pyridine rings is 1. The minimum Gasteiger partial charge on any atom is -0.357 e. The van der Waals surface area contributed by atoms with Crippen molar-refractivity contribution >= 4 is 38.2 Å². The second kappa shape index (κ2) is 7.48. The molecule has 0 amide bonds. The molecule has 3 aromatic rings. The number of nitro benzene ring substituents is 1. The summed E-state index contributed by atoms with van der Waals surface area (Å²) in [4.78, 5) is 21.9. The van der Waals surface area contributed by atoms with Gasteiger partial charge in [-0.2, -0.15) is 0 Å². The standard InChI is InChI=1S/C19H21N5O2S/c1-13-6-8-23(9-7-13)18-5-2-14(11-20-18)12-21-19-22-16-4-3-15(24(25)26)10-17(16)27-19/h2-5,10-11,13H,6-9,12H2,1H3,(H,21,22). The van der Waals surface area contributed by atoms with Gasteiger partial charge < -0.3 is 10.2 Å². The predicted molar refractivity (Wildman–Crippen MR) is 108 cm³/mol. The van der Waals surface area contributed by atoms with Gasteiger partial charge in [0.05, 0.1) is 15.1 Å². The van der Waals surface area contributed by atoms with E-state index >= 15 is 0 Å². The maximum absolute atomic E-state index is 10.9. The first kappa shape index (κ1) is 17.7. The molecule has 0 bridgehead atoms. The summed E-state index contributed by atoms with van der Waals surface area (Å²) in [6, 6.07) is 8.90. The molecule has 1 aromatic carbocycles. The third-order valence-electron chi connectivity index (χ3n) is 4.94. The van der Waals surface area contributed by atoms with Gasteiger partial charge in [-0.3, -0.25) is 10.1 Å². The monoisotopic (exact) mass is 383 g/mol. The van der Waals surface area contributed by atoms with Crippen LogP contribution in [-0.4, -0.2) is 28.0 Å². The lowest BCUT2D eigenvalue weighted by atomic mass is 9.99. The highest BCUT2D eigenvalue weighted by atomic mass is 32.1. The second-order valence-corrected chi connectivity index (χ2v) is 8.01. The van der Waals surface area contributed by atoms with Crippen molar-refractivity contribution in [2.45, 2.75) is 26.3 Å². The molecule has 7 nitrogen and oxygen atoms in total. The van der Waals surface area contributed by atoms with Gasteiger partial charge >= 0.3 is 0 Å². The summed E-state index contributed by atoms with van der Waals surface area (Å²) in [6.45, 7) is 5.07. The van der Waals surface area contributed by atoms with E-state index in [2.05, 4.69) is 39.2 Å². The first-order valence-electron chi connectivity index (χ1n) is 9.07. The molecule has 0 radical (unpaired) electrons. The third kappa shape index (κ3) is 4.00. The lowest BCUT2D eigenvalue weighted by Crippen LogP contribution is -2.33. The molecule has 140 valence electrons. The molecular weight excluding hydrogens is 362 g/mol. The van der Waals surface area contributed by atoms with Crippen molar-refractivity contribution in [3.8, 4) is 0 Å². The van der Waals surface area contributed by atoms with Gasteiger partial charge in [0.15, 0.2) is 5.13 Å². The zero-order chi connectivity index (χ0) is 18.8. The van der Waals surface area contributed by atoms with E-state index in [1.165, 1.54) is 30.2 Å². The van der Waals surface area contributed by atoms with Crippen LogP contribution in [0.15, 0.2) is 36.5 Å². The van der Waals surface area contributed by atoms with E-state index in [0.29, 0.717) is 6.54 Å². The normalized spacial score (nSPS) is 15.2. The van der Waals surface area contributed by atoms with Crippen LogP contribution in [-0.2, 0) is 6.54 Å². The Bertz CT molecular complexity index is 948. The van der Waals surface area contributed by atoms with Gasteiger partial charge in [0, 0.05) is 38.0 Å². The summed E-state index contributed by atoms with van der Waals surface area (Å²) in [5.74, 6) is 1.85. The van der Waals surface area contributed by atoms with Gasteiger partial charge in [-0.15, -0.1) is 0 Å². The molecule has 1 fully saturated rings. The Morgan fingerprint density at radius 2 is 2.11 bits per heavy atom. The van der Waals surface area contributed by atoms with Gasteiger partial charge in [-0.25, -0.2) is 9.97 Å². The number of benzene rings is 1. The number of rotatable bonds is 5. The van der Waals surface area contributed by atoms with E-state index in [9.17, 15) is 10.1 Å². The second-order valence-electron chi connectivity index (χ2n) is 6.98. The summed E-state index contributed by atoms with van der Waals surface area (Å²) in [5.41, 5.74) is 1.93. The van der Waals surface area contributed by atoms with Crippen molar-refractivity contribution in [3.05, 3.63) is 52.2 Å². The van der Waals surface area contributed by atoms with E-state index in [1.54, 1.807) is 12.1 Å². The Hall–Kier alpha value is -2.74. The minimum atomic E-state index is -0.386. The number of nitrogens with one attached hydrogen (secondary N) is 1. The molecular formula is C19H21N5O2S. The average Bonchev–Trinajstić information content (AvgIpc) is 3.09. The van der Waals surface area contributed by atoms with Gasteiger partial charge in [-0.05, 0) is 36.5 Å². The Labute approximate surface area is 161 Å². The Balaban J connectivity index is 1.39. The fraction of sp³-hybridized carbons (Fsp3) is 0.368. The Morgan fingerprint density at radius 1 is 1.30 bits per heavy atom. The number of piperidine rings is 1. The van der Waals surface area contributed by atoms with Crippen LogP contribution in [0.1, 0.15) is 25.3 Å². The molecule has 3 heterocycles. The molecule has 1 saturated heterocycles. The largest absolute Gasteiger partial charge is 0.357 e. The van der Waals surface area contributed by atoms with E-state index in [1.807, 2.05) is 6.20 Å². The molecule has 2 aromatic heterocycles. The molecule has 1 aliphatic heterocycles. The molecule has 27 heavy (non-hydrogen) atoms. The number of hydrogen-bond donors (Lipinski definition) is 1. The van der Waals surface area contributed by atoms with Gasteiger partial charge in [0.25, 0.3) is 5.69 Å². The smallest absolute Gasteiger partial charge is 0.270 e. The van der Waals surface area contributed by atoms with Crippen LogP contribution in [0.4, 0.5) is 16.6 Å². The third-order valence-corrected chi connectivity index (χ3v) is 5.92. The molecule has 8 heteroatoms. The lowest BCUT2D eigenvalue weighted by Gasteiger charge is -2.31. The van der Waals surface area contributed by atoms with E-state index in [0.717, 1.165) is 45.7 Å². The van der Waals surface area contributed by atoms with Crippen molar-refractivity contribution in [2.75, 3.05) is 23.3 Å². The van der Waals surface area contributed by atoms with Gasteiger partial charge in [0.2, 0.25) is 0 Å². The molecule has 0 aliphatic carbocycles. The topological polar surface area (TPSA) is 84.2 Å². The first-order chi connectivity index (χ1) is 13.1. The molecule has 0 atom stereocenters. The zero-order valence-electron chi connectivity index (χ0n) is 15.1. The Kier molecular flexibility index (Phi) is 4.89. The summed E-state index contributed by atoms with van der Waals surface area (Å²) in [7, 11) is 0. The molecule has 0 saturated carbocycles. The maximum atomic E-state index is 10.9. The first-order valence-corrected chi connectivity index (χ1v) is 9.89. The number of anilines is 2. The van der Waals surface area contributed by atoms with E-state index in [4.69, 9.17) is 0 Å². The number of nitrogens with zero attached hydrogens (tertiary/aromatic N) is 4. The zero-order valence-corrected chi connectivity index (χ0v) is 15.9. The van der Waals surface area contributed by atoms with Gasteiger partial charge in [0.1, 0.15) is 5.82 Å². The SMILES string of the molecule is CC1CCN(c2ccc(CNc3nc4ccc([N+](=O)[O-])cc4s3)cn2)CC1. The number of hydrogen-bond acceptors (Lipinski definition) is 7. The van der Waals surface area contributed by atoms with Crippen LogP contribution in [0.2, 0.25) is 0 Å². The average molecular weight is 383 g/mol. The molecule has 0 spiro atoms. The summed E-state index contributed by atoms with van der Waals surface area (Å²) >= 11 is 1.42. The van der Waals surface area contributed by atoms with Crippen LogP contribution >= 0.6 is 11.3 Å². The summed E-state index contributed by atoms with van der Waals surface area (Å²) < 4.78 is 0.805. The Morgan fingerprint density at radius 3 is 2.81 bits per heavy atom. The molecule has 0 unspecified atom stereocenters. The minimum absolute atomic E-state index is 0.0876. The van der Waals surface area contributed by atoms with Crippen molar-refractivity contribution < 1.29 is 4.92 Å². The number of non-ortho nitro benzene ring substituents is 1. The summed E-state index contributed by atoms with van der Waals surface area (Å²) in [6.07, 6.45) is 4.35. The highest BCUT2D eigenvalue weighted by Crippen LogP contribution is 2.29. The lowest BCUT2D eigenvalue weighted by molar-refractivity contribution is -0.384. The number of nitro groups is 1. The van der Waals surface area contributed by atoms with E-state index in [-0.39, 0.29) is 10.6 Å². The summed E-state index contributed by atoms with van der Waals surface area (Å²) in [5, 5.41) is 14.9. The number of fused-ring (bicyclic) bond motifs is 1. The highest BCUT2D eigenvalue weighted by molar-refractivity contribution is 7.22. The molecule has 1 N–H and O–H groups in total. The van der Waals surface area contributed by atoms with E-state index < -0.39 is 0 Å². The van der Waals surface area contributed by atoms with Crippen molar-refractivity contribution in [2.24, 2.45) is 5.92 Å². The highest BCUT2D eigenvalue weighted by Gasteiger charge is 2.16. The van der Waals surface area contributed by atoms with Crippen LogP contribution in [0, 0.1) is 16.0 Å². The predicted octanol–water partition coefficient (Wildman–Crippen LogP) is 4.45. The van der Waals surface area contributed by atoms with Crippen LogP contribution < -0.4 is 10.2 Å². The fourth-order valence-electron chi connectivity index (χ4n) is 3.23. The van der Waals surface area contributed by atoms with Crippen molar-refractivity contribution in [1.82, 2.24) is 9.97 Å². The maximum Gasteiger partial charge on any atom is 0.270 e. The van der Waals surface area contributed by atoms with Crippen LogP contribution in [0.25, 0.3) is 10.2 Å². The molecule has 1 aliphatic rings. The van der Waals surface area contributed by atoms with Crippen molar-refractivity contribution in [1.29, 1.82) is 0 Å². The van der Waals surface area contributed by atoms with Crippen LogP contribution in [0.5, 0.6) is 0 Å². The van der Waals surface area contributed by atoms with Crippen LogP contribution in [0.3, 0.4) is 0 Å². The quantitative estimate of drug-likeness (QED) is 0.518. The van der Waals surface area contributed by atoms with Gasteiger partial charge in [-0.1, -0.05) is 24.3 Å².